The van der Waals surface area contributed by atoms with E-state index in [4.69, 9.17) is 14.0 Å². The monoisotopic (exact) mass is 481 g/mol. The summed E-state index contributed by atoms with van der Waals surface area (Å²) in [6, 6.07) is 6.54. The Morgan fingerprint density at radius 1 is 1.26 bits per heavy atom. The number of anilines is 1. The highest BCUT2D eigenvalue weighted by Gasteiger charge is 2.44. The van der Waals surface area contributed by atoms with Crippen LogP contribution in [0.5, 0.6) is 0 Å². The van der Waals surface area contributed by atoms with Crippen LogP contribution in [0.2, 0.25) is 0 Å². The van der Waals surface area contributed by atoms with Crippen LogP contribution < -0.4 is 4.90 Å². The predicted molar refractivity (Wildman–Crippen MR) is 138 cm³/mol. The van der Waals surface area contributed by atoms with E-state index in [0.717, 1.165) is 35.5 Å². The van der Waals surface area contributed by atoms with Crippen LogP contribution in [0.1, 0.15) is 58.1 Å². The number of carbonyl (C=O) groups is 1. The van der Waals surface area contributed by atoms with E-state index in [1.165, 1.54) is 16.9 Å². The van der Waals surface area contributed by atoms with Crippen molar-refractivity contribution in [2.75, 3.05) is 31.1 Å². The SMILES string of the molecule is Cc1ccc(-c2c(C)noc2C)cc1N(CCOC1(C)CN(C(=O)OC(C)(C)C)C1)C1=CC[C@H]1C. The van der Waals surface area contributed by atoms with Gasteiger partial charge in [-0.05, 0) is 78.0 Å². The van der Waals surface area contributed by atoms with Gasteiger partial charge in [0.15, 0.2) is 0 Å². The maximum absolute atomic E-state index is 12.3. The molecule has 0 radical (unpaired) electrons. The maximum Gasteiger partial charge on any atom is 0.410 e. The smallest absolute Gasteiger partial charge is 0.410 e. The lowest BCUT2D eigenvalue weighted by Gasteiger charge is -2.47. The van der Waals surface area contributed by atoms with Gasteiger partial charge in [0.1, 0.15) is 17.0 Å². The third kappa shape index (κ3) is 5.40. The van der Waals surface area contributed by atoms with E-state index in [2.05, 4.69) is 55.1 Å². The van der Waals surface area contributed by atoms with Crippen molar-refractivity contribution in [1.29, 1.82) is 0 Å². The first-order chi connectivity index (χ1) is 16.4. The number of hydrogen-bond acceptors (Lipinski definition) is 6. The van der Waals surface area contributed by atoms with Gasteiger partial charge in [-0.3, -0.25) is 0 Å². The van der Waals surface area contributed by atoms with Gasteiger partial charge in [0.2, 0.25) is 0 Å². The van der Waals surface area contributed by atoms with E-state index in [1.54, 1.807) is 4.90 Å². The number of hydrogen-bond donors (Lipinski definition) is 0. The lowest BCUT2D eigenvalue weighted by molar-refractivity contribution is -0.126. The molecular formula is C28H39N3O4. The van der Waals surface area contributed by atoms with Crippen LogP contribution in [0, 0.1) is 26.7 Å². The molecule has 2 aliphatic rings. The molecule has 1 aliphatic carbocycles. The van der Waals surface area contributed by atoms with Crippen molar-refractivity contribution in [3.8, 4) is 11.1 Å². The van der Waals surface area contributed by atoms with Gasteiger partial charge >= 0.3 is 6.09 Å². The number of aromatic nitrogens is 1. The second kappa shape index (κ2) is 9.34. The zero-order chi connectivity index (χ0) is 25.5. The molecule has 1 fully saturated rings. The molecule has 0 unspecified atom stereocenters. The standard InChI is InChI=1S/C28H39N3O4/c1-18-10-12-23(18)31(13-14-33-28(8)16-30(17-28)26(32)34-27(5,6)7)24-15-22(11-9-19(24)2)25-20(3)29-35-21(25)4/h9,11-12,15,18H,10,13-14,16-17H2,1-8H3/t18-/m1/s1. The predicted octanol–water partition coefficient (Wildman–Crippen LogP) is 6.02. The zero-order valence-corrected chi connectivity index (χ0v) is 22.4. The van der Waals surface area contributed by atoms with Crippen LogP contribution in [-0.2, 0) is 9.47 Å². The van der Waals surface area contributed by atoms with Gasteiger partial charge in [0.05, 0.1) is 25.4 Å². The summed E-state index contributed by atoms with van der Waals surface area (Å²) in [6.45, 7) is 18.5. The molecule has 7 nitrogen and oxygen atoms in total. The number of carbonyl (C=O) groups excluding carboxylic acids is 1. The van der Waals surface area contributed by atoms with Gasteiger partial charge in [0.25, 0.3) is 0 Å². The molecule has 1 amide bonds. The molecule has 1 saturated heterocycles. The number of benzene rings is 1. The van der Waals surface area contributed by atoms with Gasteiger partial charge in [-0.2, -0.15) is 0 Å². The van der Waals surface area contributed by atoms with Gasteiger partial charge in [0, 0.05) is 23.5 Å². The molecule has 2 heterocycles. The van der Waals surface area contributed by atoms with Gasteiger partial charge < -0.3 is 23.8 Å². The average molecular weight is 482 g/mol. The molecule has 2 aromatic rings. The Hall–Kier alpha value is -2.80. The van der Waals surface area contributed by atoms with Crippen LogP contribution in [0.3, 0.4) is 0 Å². The molecule has 4 rings (SSSR count). The largest absolute Gasteiger partial charge is 0.444 e. The van der Waals surface area contributed by atoms with Gasteiger partial charge in [-0.15, -0.1) is 0 Å². The molecule has 1 aliphatic heterocycles. The third-order valence-electron chi connectivity index (χ3n) is 6.79. The number of aryl methyl sites for hydroxylation is 3. The van der Waals surface area contributed by atoms with Crippen LogP contribution >= 0.6 is 0 Å². The minimum absolute atomic E-state index is 0.277. The van der Waals surface area contributed by atoms with Gasteiger partial charge in [-0.1, -0.05) is 30.3 Å². The second-order valence-corrected chi connectivity index (χ2v) is 11.3. The fourth-order valence-electron chi connectivity index (χ4n) is 4.87. The van der Waals surface area contributed by atoms with Crippen LogP contribution in [0.4, 0.5) is 10.5 Å². The number of nitrogens with zero attached hydrogens (tertiary/aromatic N) is 3. The molecule has 35 heavy (non-hydrogen) atoms. The van der Waals surface area contributed by atoms with Crippen LogP contribution in [-0.4, -0.2) is 53.6 Å². The third-order valence-corrected chi connectivity index (χ3v) is 6.79. The van der Waals surface area contributed by atoms with Crippen molar-refractivity contribution in [1.82, 2.24) is 10.1 Å². The summed E-state index contributed by atoms with van der Waals surface area (Å²) in [7, 11) is 0. The molecule has 0 saturated carbocycles. The van der Waals surface area contributed by atoms with E-state index in [-0.39, 0.29) is 11.7 Å². The summed E-state index contributed by atoms with van der Waals surface area (Å²) in [5.74, 6) is 1.34. The van der Waals surface area contributed by atoms with Crippen molar-refractivity contribution in [2.45, 2.75) is 73.0 Å². The first-order valence-corrected chi connectivity index (χ1v) is 12.5. The van der Waals surface area contributed by atoms with E-state index in [0.29, 0.717) is 25.6 Å². The summed E-state index contributed by atoms with van der Waals surface area (Å²) in [6.07, 6.45) is 3.13. The summed E-state index contributed by atoms with van der Waals surface area (Å²) >= 11 is 0. The van der Waals surface area contributed by atoms with E-state index in [1.807, 2.05) is 34.6 Å². The van der Waals surface area contributed by atoms with Crippen molar-refractivity contribution < 1.29 is 18.8 Å². The van der Waals surface area contributed by atoms with Crippen molar-refractivity contribution in [3.63, 3.8) is 0 Å². The molecular weight excluding hydrogens is 442 g/mol. The van der Waals surface area contributed by atoms with E-state index < -0.39 is 5.60 Å². The Bertz CT molecular complexity index is 1100. The first kappa shape index (κ1) is 25.3. The number of likely N-dealkylation sites (tertiary alicyclic amines) is 1. The summed E-state index contributed by atoms with van der Waals surface area (Å²) in [5, 5.41) is 4.14. The molecule has 190 valence electrons. The number of amides is 1. The highest BCUT2D eigenvalue weighted by molar-refractivity contribution is 5.74. The molecule has 1 atom stereocenters. The molecule has 0 bridgehead atoms. The average Bonchev–Trinajstić information content (AvgIpc) is 3.07. The quantitative estimate of drug-likeness (QED) is 0.481. The lowest BCUT2D eigenvalue weighted by atomic mass is 9.90. The topological polar surface area (TPSA) is 68.0 Å². The minimum atomic E-state index is -0.492. The summed E-state index contributed by atoms with van der Waals surface area (Å²) in [4.78, 5) is 16.4. The molecule has 0 N–H and O–H groups in total. The number of rotatable bonds is 7. The van der Waals surface area contributed by atoms with Crippen molar-refractivity contribution in [3.05, 3.63) is 47.0 Å². The first-order valence-electron chi connectivity index (χ1n) is 12.5. The highest BCUT2D eigenvalue weighted by Crippen LogP contribution is 2.38. The molecule has 0 spiro atoms. The normalized spacial score (nSPS) is 19.0. The fraction of sp³-hybridized carbons (Fsp3) is 0.571. The zero-order valence-electron chi connectivity index (χ0n) is 22.4. The Labute approximate surface area is 209 Å². The minimum Gasteiger partial charge on any atom is -0.444 e. The number of allylic oxidation sites excluding steroid dienone is 2. The van der Waals surface area contributed by atoms with Crippen LogP contribution in [0.25, 0.3) is 11.1 Å². The summed E-state index contributed by atoms with van der Waals surface area (Å²) < 4.78 is 17.2. The van der Waals surface area contributed by atoms with Crippen molar-refractivity contribution in [2.24, 2.45) is 5.92 Å². The highest BCUT2D eigenvalue weighted by atomic mass is 16.6. The van der Waals surface area contributed by atoms with E-state index in [9.17, 15) is 4.79 Å². The number of ether oxygens (including phenoxy) is 2. The maximum atomic E-state index is 12.3. The van der Waals surface area contributed by atoms with Crippen molar-refractivity contribution >= 4 is 11.8 Å². The molecule has 1 aromatic carbocycles. The second-order valence-electron chi connectivity index (χ2n) is 11.3. The van der Waals surface area contributed by atoms with Gasteiger partial charge in [-0.25, -0.2) is 4.79 Å². The Kier molecular flexibility index (Phi) is 6.75. The Morgan fingerprint density at radius 3 is 2.51 bits per heavy atom. The Balaban J connectivity index is 1.46. The summed E-state index contributed by atoms with van der Waals surface area (Å²) in [5.41, 5.74) is 5.95. The van der Waals surface area contributed by atoms with Crippen LogP contribution in [0.15, 0.2) is 34.5 Å². The molecule has 1 aromatic heterocycles. The van der Waals surface area contributed by atoms with E-state index >= 15 is 0 Å². The molecule has 7 heteroatoms. The fourth-order valence-corrected chi connectivity index (χ4v) is 4.87. The lowest BCUT2D eigenvalue weighted by Crippen LogP contribution is -2.64. The Morgan fingerprint density at radius 2 is 1.97 bits per heavy atom.